The number of carboxylic acid groups (broad SMARTS) is 1. The minimum Gasteiger partial charge on any atom is -0.478 e. The van der Waals surface area contributed by atoms with E-state index in [4.69, 9.17) is 5.11 Å². The number of carbonyl (C=O) groups is 1. The first kappa shape index (κ1) is 19.2. The molecule has 0 radical (unpaired) electrons. The highest BCUT2D eigenvalue weighted by atomic mass is 16.4. The van der Waals surface area contributed by atoms with Gasteiger partial charge in [0.1, 0.15) is 0 Å². The second-order valence-electron chi connectivity index (χ2n) is 5.50. The second kappa shape index (κ2) is 12.0. The van der Waals surface area contributed by atoms with Gasteiger partial charge in [0.25, 0.3) is 0 Å². The summed E-state index contributed by atoms with van der Waals surface area (Å²) in [5, 5.41) is 8.44. The highest BCUT2D eigenvalue weighted by Gasteiger charge is 1.91. The maximum atomic E-state index is 10.3. The summed E-state index contributed by atoms with van der Waals surface area (Å²) in [6.07, 6.45) is 17.2. The van der Waals surface area contributed by atoms with Gasteiger partial charge in [0.05, 0.1) is 0 Å². The van der Waals surface area contributed by atoms with Crippen LogP contribution in [0.5, 0.6) is 0 Å². The standard InChI is InChI=1S/C19H28O2/c1-16(2)10-8-12-18(4)14-9-13-17(3)11-6-5-7-15-19(20)21/h5-7,10-11,14-15H,8-9,12-13H2,1-4H3,(H,20,21)/b6-5+,15-7+,17-11-,18-14+. The van der Waals surface area contributed by atoms with Crippen molar-refractivity contribution in [2.45, 2.75) is 53.4 Å². The number of aliphatic carboxylic acids is 1. The van der Waals surface area contributed by atoms with E-state index in [-0.39, 0.29) is 0 Å². The molecule has 0 atom stereocenters. The van der Waals surface area contributed by atoms with Gasteiger partial charge in [0.15, 0.2) is 0 Å². The highest BCUT2D eigenvalue weighted by Crippen LogP contribution is 2.11. The Hall–Kier alpha value is -1.83. The molecule has 0 aliphatic rings. The molecule has 1 N–H and O–H groups in total. The van der Waals surface area contributed by atoms with Crippen molar-refractivity contribution in [2.24, 2.45) is 0 Å². The Labute approximate surface area is 129 Å². The quantitative estimate of drug-likeness (QED) is 0.340. The lowest BCUT2D eigenvalue weighted by Crippen LogP contribution is -1.84. The van der Waals surface area contributed by atoms with Crippen LogP contribution in [0.3, 0.4) is 0 Å². The molecule has 0 saturated heterocycles. The molecule has 21 heavy (non-hydrogen) atoms. The first-order valence-electron chi connectivity index (χ1n) is 7.44. The number of allylic oxidation sites excluding steroid dienone is 9. The average Bonchev–Trinajstić information content (AvgIpc) is 2.37. The molecular formula is C19H28O2. The Bertz CT molecular complexity index is 456. The normalized spacial score (nSPS) is 13.1. The molecule has 2 nitrogen and oxygen atoms in total. The lowest BCUT2D eigenvalue weighted by Gasteiger charge is -2.00. The summed E-state index contributed by atoms with van der Waals surface area (Å²) < 4.78 is 0. The van der Waals surface area contributed by atoms with Crippen molar-refractivity contribution in [3.8, 4) is 0 Å². The van der Waals surface area contributed by atoms with E-state index in [1.807, 2.05) is 12.2 Å². The smallest absolute Gasteiger partial charge is 0.328 e. The Morgan fingerprint density at radius 1 is 0.857 bits per heavy atom. The van der Waals surface area contributed by atoms with Crippen molar-refractivity contribution < 1.29 is 9.90 Å². The molecule has 0 aromatic heterocycles. The van der Waals surface area contributed by atoms with Crippen LogP contribution in [0.1, 0.15) is 53.4 Å². The van der Waals surface area contributed by atoms with Gasteiger partial charge in [0.2, 0.25) is 0 Å². The minimum atomic E-state index is -0.922. The molecule has 0 saturated carbocycles. The van der Waals surface area contributed by atoms with Crippen molar-refractivity contribution in [1.29, 1.82) is 0 Å². The summed E-state index contributed by atoms with van der Waals surface area (Å²) in [4.78, 5) is 10.3. The molecule has 0 fully saturated rings. The summed E-state index contributed by atoms with van der Waals surface area (Å²) in [6, 6.07) is 0. The number of hydrogen-bond donors (Lipinski definition) is 1. The van der Waals surface area contributed by atoms with Gasteiger partial charge >= 0.3 is 5.97 Å². The fourth-order valence-electron chi connectivity index (χ4n) is 1.74. The predicted molar refractivity (Wildman–Crippen MR) is 91.3 cm³/mol. The van der Waals surface area contributed by atoms with E-state index < -0.39 is 5.97 Å². The first-order chi connectivity index (χ1) is 9.91. The number of rotatable bonds is 9. The van der Waals surface area contributed by atoms with E-state index >= 15 is 0 Å². The fourth-order valence-corrected chi connectivity index (χ4v) is 1.74. The molecular weight excluding hydrogens is 260 g/mol. The third-order valence-corrected chi connectivity index (χ3v) is 2.96. The van der Waals surface area contributed by atoms with Crippen LogP contribution in [0.4, 0.5) is 0 Å². The van der Waals surface area contributed by atoms with Crippen molar-refractivity contribution in [2.75, 3.05) is 0 Å². The second-order valence-corrected chi connectivity index (χ2v) is 5.50. The van der Waals surface area contributed by atoms with Gasteiger partial charge in [-0.3, -0.25) is 0 Å². The van der Waals surface area contributed by atoms with E-state index in [2.05, 4.69) is 39.8 Å². The molecule has 0 aliphatic heterocycles. The van der Waals surface area contributed by atoms with Crippen molar-refractivity contribution in [1.82, 2.24) is 0 Å². The van der Waals surface area contributed by atoms with Crippen LogP contribution in [0.15, 0.2) is 59.3 Å². The summed E-state index contributed by atoms with van der Waals surface area (Å²) in [5.41, 5.74) is 4.12. The lowest BCUT2D eigenvalue weighted by molar-refractivity contribution is -0.131. The molecule has 0 heterocycles. The lowest BCUT2D eigenvalue weighted by atomic mass is 10.1. The van der Waals surface area contributed by atoms with Crippen LogP contribution in [0.2, 0.25) is 0 Å². The molecule has 116 valence electrons. The zero-order valence-electron chi connectivity index (χ0n) is 13.7. The van der Waals surface area contributed by atoms with Crippen LogP contribution in [0.25, 0.3) is 0 Å². The maximum absolute atomic E-state index is 10.3. The molecule has 0 spiro atoms. The van der Waals surface area contributed by atoms with Crippen LogP contribution in [-0.2, 0) is 4.79 Å². The molecule has 0 amide bonds. The van der Waals surface area contributed by atoms with E-state index in [0.717, 1.165) is 31.8 Å². The molecule has 0 aliphatic carbocycles. The van der Waals surface area contributed by atoms with E-state index in [0.29, 0.717) is 0 Å². The zero-order chi connectivity index (χ0) is 16.1. The van der Waals surface area contributed by atoms with E-state index in [9.17, 15) is 4.79 Å². The summed E-state index contributed by atoms with van der Waals surface area (Å²) in [5.74, 6) is -0.922. The van der Waals surface area contributed by atoms with E-state index in [1.165, 1.54) is 22.8 Å². The fraction of sp³-hybridized carbons (Fsp3) is 0.421. The molecule has 2 heteroatoms. The van der Waals surface area contributed by atoms with Gasteiger partial charge in [0, 0.05) is 6.08 Å². The zero-order valence-corrected chi connectivity index (χ0v) is 13.7. The highest BCUT2D eigenvalue weighted by molar-refractivity contribution is 5.80. The number of hydrogen-bond acceptors (Lipinski definition) is 1. The minimum absolute atomic E-state index is 0.922. The Balaban J connectivity index is 4.04. The summed E-state index contributed by atoms with van der Waals surface area (Å²) >= 11 is 0. The largest absolute Gasteiger partial charge is 0.478 e. The SMILES string of the molecule is CC(C)=CCC/C(C)=C/CC\C(C)=C/C=C/C=C/C(=O)O. The van der Waals surface area contributed by atoms with Crippen molar-refractivity contribution in [3.63, 3.8) is 0 Å². The van der Waals surface area contributed by atoms with Gasteiger partial charge in [-0.1, -0.05) is 53.2 Å². The van der Waals surface area contributed by atoms with E-state index in [1.54, 1.807) is 6.08 Å². The molecule has 0 aromatic carbocycles. The monoisotopic (exact) mass is 288 g/mol. The maximum Gasteiger partial charge on any atom is 0.328 e. The Kier molecular flexibility index (Phi) is 10.9. The topological polar surface area (TPSA) is 37.3 Å². The Morgan fingerprint density at radius 2 is 1.48 bits per heavy atom. The van der Waals surface area contributed by atoms with Crippen LogP contribution in [0, 0.1) is 0 Å². The van der Waals surface area contributed by atoms with Gasteiger partial charge in [-0.25, -0.2) is 4.79 Å². The van der Waals surface area contributed by atoms with Gasteiger partial charge in [-0.05, 0) is 53.4 Å². The molecule has 0 unspecified atom stereocenters. The molecule has 0 aromatic rings. The van der Waals surface area contributed by atoms with Crippen LogP contribution >= 0.6 is 0 Å². The third-order valence-electron chi connectivity index (χ3n) is 2.96. The third kappa shape index (κ3) is 14.4. The average molecular weight is 288 g/mol. The van der Waals surface area contributed by atoms with Gasteiger partial charge < -0.3 is 5.11 Å². The Morgan fingerprint density at radius 3 is 2.10 bits per heavy atom. The van der Waals surface area contributed by atoms with Crippen molar-refractivity contribution in [3.05, 3.63) is 59.3 Å². The van der Waals surface area contributed by atoms with Crippen LogP contribution in [-0.4, -0.2) is 11.1 Å². The van der Waals surface area contributed by atoms with Gasteiger partial charge in [-0.2, -0.15) is 0 Å². The summed E-state index contributed by atoms with van der Waals surface area (Å²) in [7, 11) is 0. The van der Waals surface area contributed by atoms with Gasteiger partial charge in [-0.15, -0.1) is 0 Å². The molecule has 0 rings (SSSR count). The molecule has 0 bridgehead atoms. The first-order valence-corrected chi connectivity index (χ1v) is 7.44. The number of carboxylic acids is 1. The predicted octanol–water partition coefficient (Wildman–Crippen LogP) is 5.60. The summed E-state index contributed by atoms with van der Waals surface area (Å²) in [6.45, 7) is 8.55. The van der Waals surface area contributed by atoms with Crippen molar-refractivity contribution >= 4 is 5.97 Å². The van der Waals surface area contributed by atoms with Crippen LogP contribution < -0.4 is 0 Å².